The number of anilines is 1. The second kappa shape index (κ2) is 7.39. The number of nitrogens with one attached hydrogen (secondary N) is 1. The Hall–Kier alpha value is -1.64. The highest BCUT2D eigenvalue weighted by Gasteiger charge is 2.18. The molecule has 0 aliphatic carbocycles. The maximum Gasteiger partial charge on any atom is 0.248 e. The molecule has 1 aromatic carbocycles. The Kier molecular flexibility index (Phi) is 6.13. The third-order valence-corrected chi connectivity index (χ3v) is 4.11. The van der Waals surface area contributed by atoms with Crippen molar-refractivity contribution in [2.24, 2.45) is 11.7 Å². The lowest BCUT2D eigenvalue weighted by Crippen LogP contribution is -2.28. The molecule has 0 aliphatic rings. The number of hydrogen-bond donors (Lipinski definition) is 3. The van der Waals surface area contributed by atoms with Crippen LogP contribution >= 0.6 is 0 Å². The minimum absolute atomic E-state index is 0.0260. The molecule has 0 fully saturated rings. The smallest absolute Gasteiger partial charge is 0.248 e. The largest absolute Gasteiger partial charge is 0.398 e. The van der Waals surface area contributed by atoms with E-state index >= 15 is 0 Å². The molecule has 0 aromatic heterocycles. The van der Waals surface area contributed by atoms with Gasteiger partial charge in [-0.2, -0.15) is 0 Å². The van der Waals surface area contributed by atoms with Crippen LogP contribution in [0.25, 0.3) is 0 Å². The van der Waals surface area contributed by atoms with E-state index in [0.717, 1.165) is 0 Å². The maximum absolute atomic E-state index is 12.1. The van der Waals surface area contributed by atoms with Crippen LogP contribution in [0.4, 0.5) is 5.69 Å². The topological polar surface area (TPSA) is 125 Å². The van der Waals surface area contributed by atoms with E-state index in [1.807, 2.05) is 13.8 Å². The molecule has 0 saturated carbocycles. The second-order valence-electron chi connectivity index (χ2n) is 4.98. The molecule has 0 unspecified atom stereocenters. The summed E-state index contributed by atoms with van der Waals surface area (Å²) in [6, 6.07) is 3.82. The minimum Gasteiger partial charge on any atom is -0.398 e. The lowest BCUT2D eigenvalue weighted by Gasteiger charge is -2.11. The van der Waals surface area contributed by atoms with Crippen molar-refractivity contribution in [3.05, 3.63) is 23.8 Å². The number of primary amides is 1. The van der Waals surface area contributed by atoms with Gasteiger partial charge in [0.2, 0.25) is 15.9 Å². The van der Waals surface area contributed by atoms with Gasteiger partial charge in [-0.05, 0) is 24.1 Å². The van der Waals surface area contributed by atoms with E-state index in [2.05, 4.69) is 4.72 Å². The highest BCUT2D eigenvalue weighted by molar-refractivity contribution is 7.89. The number of ether oxygens (including phenoxy) is 1. The van der Waals surface area contributed by atoms with Crippen LogP contribution in [0.3, 0.4) is 0 Å². The number of amides is 1. The lowest BCUT2D eigenvalue weighted by molar-refractivity contribution is 0.1000. The fourth-order valence-corrected chi connectivity index (χ4v) is 2.72. The normalized spacial score (nSPS) is 11.8. The summed E-state index contributed by atoms with van der Waals surface area (Å²) in [4.78, 5) is 10.9. The Bertz CT molecular complexity index is 599. The Balaban J connectivity index is 2.68. The first-order valence-electron chi connectivity index (χ1n) is 6.50. The van der Waals surface area contributed by atoms with Crippen LogP contribution in [0, 0.1) is 5.92 Å². The number of sulfonamides is 1. The molecular formula is C13H21N3O4S. The summed E-state index contributed by atoms with van der Waals surface area (Å²) in [6.07, 6.45) is 0. The Morgan fingerprint density at radius 2 is 2.05 bits per heavy atom. The van der Waals surface area contributed by atoms with Crippen LogP contribution in [0.2, 0.25) is 0 Å². The van der Waals surface area contributed by atoms with Gasteiger partial charge in [0.1, 0.15) is 4.90 Å². The van der Waals surface area contributed by atoms with Crippen molar-refractivity contribution >= 4 is 21.6 Å². The summed E-state index contributed by atoms with van der Waals surface area (Å²) in [7, 11) is -3.74. The molecule has 0 radical (unpaired) electrons. The SMILES string of the molecule is CC(C)COCCNS(=O)(=O)c1ccc(C(N)=O)cc1N. The second-order valence-corrected chi connectivity index (χ2v) is 6.72. The van der Waals surface area contributed by atoms with Gasteiger partial charge in [0.15, 0.2) is 0 Å². The third kappa shape index (κ3) is 5.33. The van der Waals surface area contributed by atoms with Gasteiger partial charge >= 0.3 is 0 Å². The van der Waals surface area contributed by atoms with Crippen LogP contribution < -0.4 is 16.2 Å². The van der Waals surface area contributed by atoms with E-state index in [1.165, 1.54) is 18.2 Å². The van der Waals surface area contributed by atoms with Crippen molar-refractivity contribution in [3.63, 3.8) is 0 Å². The summed E-state index contributed by atoms with van der Waals surface area (Å²) < 4.78 is 31.8. The summed E-state index contributed by atoms with van der Waals surface area (Å²) in [5.41, 5.74) is 10.9. The fourth-order valence-electron chi connectivity index (χ4n) is 1.59. The monoisotopic (exact) mass is 315 g/mol. The quantitative estimate of drug-likeness (QED) is 0.470. The fraction of sp³-hybridized carbons (Fsp3) is 0.462. The highest BCUT2D eigenvalue weighted by Crippen LogP contribution is 2.19. The molecule has 21 heavy (non-hydrogen) atoms. The van der Waals surface area contributed by atoms with Crippen molar-refractivity contribution < 1.29 is 17.9 Å². The Morgan fingerprint density at radius 3 is 2.57 bits per heavy atom. The molecule has 0 heterocycles. The molecule has 0 aliphatic heterocycles. The number of nitrogen functional groups attached to an aromatic ring is 1. The number of benzene rings is 1. The summed E-state index contributed by atoms with van der Waals surface area (Å²) in [6.45, 7) is 5.00. The van der Waals surface area contributed by atoms with E-state index in [1.54, 1.807) is 0 Å². The number of rotatable bonds is 8. The predicted molar refractivity (Wildman–Crippen MR) is 80.2 cm³/mol. The molecule has 5 N–H and O–H groups in total. The van der Waals surface area contributed by atoms with Crippen LogP contribution in [0.5, 0.6) is 0 Å². The van der Waals surface area contributed by atoms with Gasteiger partial charge in [0.05, 0.1) is 12.3 Å². The first-order valence-corrected chi connectivity index (χ1v) is 7.99. The molecule has 0 spiro atoms. The van der Waals surface area contributed by atoms with Crippen LogP contribution in [-0.2, 0) is 14.8 Å². The van der Waals surface area contributed by atoms with Crippen LogP contribution in [-0.4, -0.2) is 34.1 Å². The van der Waals surface area contributed by atoms with Crippen LogP contribution in [0.15, 0.2) is 23.1 Å². The van der Waals surface area contributed by atoms with E-state index < -0.39 is 15.9 Å². The lowest BCUT2D eigenvalue weighted by atomic mass is 10.2. The zero-order valence-corrected chi connectivity index (χ0v) is 12.9. The average Bonchev–Trinajstić information content (AvgIpc) is 2.37. The van der Waals surface area contributed by atoms with Crippen molar-refractivity contribution in [3.8, 4) is 0 Å². The molecule has 1 rings (SSSR count). The molecule has 118 valence electrons. The van der Waals surface area contributed by atoms with Gasteiger partial charge in [-0.3, -0.25) is 4.79 Å². The summed E-state index contributed by atoms with van der Waals surface area (Å²) in [5, 5.41) is 0. The van der Waals surface area contributed by atoms with Crippen LogP contribution in [0.1, 0.15) is 24.2 Å². The van der Waals surface area contributed by atoms with Gasteiger partial charge in [-0.15, -0.1) is 0 Å². The molecule has 0 atom stereocenters. The summed E-state index contributed by atoms with van der Waals surface area (Å²) >= 11 is 0. The van der Waals surface area contributed by atoms with E-state index in [4.69, 9.17) is 16.2 Å². The Labute approximate surface area is 124 Å². The molecule has 1 aromatic rings. The van der Waals surface area contributed by atoms with E-state index in [-0.39, 0.29) is 29.3 Å². The van der Waals surface area contributed by atoms with Gasteiger partial charge in [0.25, 0.3) is 0 Å². The average molecular weight is 315 g/mol. The molecule has 0 saturated heterocycles. The molecule has 8 heteroatoms. The number of carbonyl (C=O) groups excluding carboxylic acids is 1. The number of hydrogen-bond acceptors (Lipinski definition) is 5. The minimum atomic E-state index is -3.74. The Morgan fingerprint density at radius 1 is 1.38 bits per heavy atom. The predicted octanol–water partition coefficient (Wildman–Crippen LogP) is 0.319. The van der Waals surface area contributed by atoms with E-state index in [0.29, 0.717) is 12.5 Å². The van der Waals surface area contributed by atoms with Crippen molar-refractivity contribution in [1.82, 2.24) is 4.72 Å². The zero-order valence-electron chi connectivity index (χ0n) is 12.1. The third-order valence-electron chi connectivity index (χ3n) is 2.57. The number of carbonyl (C=O) groups is 1. The van der Waals surface area contributed by atoms with Gasteiger partial charge in [-0.1, -0.05) is 13.8 Å². The molecular weight excluding hydrogens is 294 g/mol. The first-order chi connectivity index (χ1) is 9.74. The summed E-state index contributed by atoms with van der Waals surface area (Å²) in [5.74, 6) is -0.278. The first kappa shape index (κ1) is 17.4. The van der Waals surface area contributed by atoms with Gasteiger partial charge < -0.3 is 16.2 Å². The molecule has 7 nitrogen and oxygen atoms in total. The molecule has 0 bridgehead atoms. The zero-order chi connectivity index (χ0) is 16.0. The van der Waals surface area contributed by atoms with Crippen molar-refractivity contribution in [1.29, 1.82) is 0 Å². The van der Waals surface area contributed by atoms with Gasteiger partial charge in [-0.25, -0.2) is 13.1 Å². The van der Waals surface area contributed by atoms with Crippen molar-refractivity contribution in [2.45, 2.75) is 18.7 Å². The van der Waals surface area contributed by atoms with Crippen molar-refractivity contribution in [2.75, 3.05) is 25.5 Å². The number of nitrogens with two attached hydrogens (primary N) is 2. The standard InChI is InChI=1S/C13H21N3O4S/c1-9(2)8-20-6-5-16-21(18,19)12-4-3-10(13(15)17)7-11(12)14/h3-4,7,9,16H,5-6,8,14H2,1-2H3,(H2,15,17). The highest BCUT2D eigenvalue weighted by atomic mass is 32.2. The maximum atomic E-state index is 12.1. The van der Waals surface area contributed by atoms with Gasteiger partial charge in [0, 0.05) is 18.7 Å². The van der Waals surface area contributed by atoms with E-state index in [9.17, 15) is 13.2 Å². The molecule has 1 amide bonds.